The standard InChI is InChI=1S/C26H29FN4O2S/c1-17-8-9-18(2)20(14-17)16-31(26(33)23-15-28-34-30-23)24(19-10-12-21(27)13-11-19)25(32)29-22-6-4-3-5-7-22/h8-15,22,24H,3-7,16H2,1-2H3,(H,29,32)/t24-/m0/s1. The van der Waals surface area contributed by atoms with Gasteiger partial charge in [-0.05, 0) is 55.5 Å². The van der Waals surface area contributed by atoms with Crippen LogP contribution in [0.2, 0.25) is 0 Å². The maximum atomic E-state index is 13.8. The van der Waals surface area contributed by atoms with E-state index in [1.807, 2.05) is 32.0 Å². The van der Waals surface area contributed by atoms with E-state index in [9.17, 15) is 14.0 Å². The molecule has 3 aromatic rings. The first kappa shape index (κ1) is 24.0. The second-order valence-electron chi connectivity index (χ2n) is 8.95. The minimum Gasteiger partial charge on any atom is -0.351 e. The van der Waals surface area contributed by atoms with Gasteiger partial charge in [0.25, 0.3) is 5.91 Å². The topological polar surface area (TPSA) is 75.2 Å². The van der Waals surface area contributed by atoms with Crippen molar-refractivity contribution in [3.8, 4) is 0 Å². The summed E-state index contributed by atoms with van der Waals surface area (Å²) in [6, 6.07) is 11.0. The van der Waals surface area contributed by atoms with Crippen LogP contribution in [0.15, 0.2) is 48.7 Å². The molecule has 2 amide bonds. The average molecular weight is 481 g/mol. The Hall–Kier alpha value is -3.13. The summed E-state index contributed by atoms with van der Waals surface area (Å²) in [4.78, 5) is 28.9. The zero-order chi connectivity index (χ0) is 24.1. The van der Waals surface area contributed by atoms with Gasteiger partial charge in [-0.25, -0.2) is 4.39 Å². The van der Waals surface area contributed by atoms with Crippen LogP contribution in [0.25, 0.3) is 0 Å². The summed E-state index contributed by atoms with van der Waals surface area (Å²) in [5, 5.41) is 3.16. The molecule has 1 saturated carbocycles. The van der Waals surface area contributed by atoms with Crippen LogP contribution in [0.4, 0.5) is 4.39 Å². The molecule has 0 aliphatic heterocycles. The van der Waals surface area contributed by atoms with Crippen LogP contribution in [0.1, 0.15) is 70.9 Å². The van der Waals surface area contributed by atoms with Gasteiger partial charge >= 0.3 is 0 Å². The molecule has 178 valence electrons. The molecule has 1 aromatic heterocycles. The molecule has 1 heterocycles. The SMILES string of the molecule is Cc1ccc(C)c(CN(C(=O)c2cnsn2)[C@H](C(=O)NC2CCCCC2)c2ccc(F)cc2)c1. The molecule has 0 saturated heterocycles. The van der Waals surface area contributed by atoms with Gasteiger partial charge in [0.05, 0.1) is 17.9 Å². The summed E-state index contributed by atoms with van der Waals surface area (Å²) in [5.41, 5.74) is 3.76. The zero-order valence-corrected chi connectivity index (χ0v) is 20.3. The van der Waals surface area contributed by atoms with Gasteiger partial charge in [-0.3, -0.25) is 9.59 Å². The molecule has 4 rings (SSSR count). The quantitative estimate of drug-likeness (QED) is 0.509. The monoisotopic (exact) mass is 480 g/mol. The van der Waals surface area contributed by atoms with Crippen molar-refractivity contribution in [2.45, 2.75) is 64.6 Å². The summed E-state index contributed by atoms with van der Waals surface area (Å²) in [7, 11) is 0. The molecule has 1 atom stereocenters. The number of carbonyl (C=O) groups is 2. The number of nitrogens with one attached hydrogen (secondary N) is 1. The molecule has 1 aliphatic carbocycles. The summed E-state index contributed by atoms with van der Waals surface area (Å²) in [6.07, 6.45) is 6.57. The third kappa shape index (κ3) is 5.67. The number of halogens is 1. The van der Waals surface area contributed by atoms with Crippen LogP contribution in [0.3, 0.4) is 0 Å². The number of carbonyl (C=O) groups excluding carboxylic acids is 2. The Morgan fingerprint density at radius 2 is 1.85 bits per heavy atom. The second kappa shape index (κ2) is 10.9. The van der Waals surface area contributed by atoms with Crippen molar-refractivity contribution in [3.05, 3.63) is 82.4 Å². The molecule has 1 fully saturated rings. The molecule has 34 heavy (non-hydrogen) atoms. The Balaban J connectivity index is 1.75. The second-order valence-corrected chi connectivity index (χ2v) is 9.51. The van der Waals surface area contributed by atoms with Crippen molar-refractivity contribution in [2.75, 3.05) is 0 Å². The molecular formula is C26H29FN4O2S. The maximum absolute atomic E-state index is 13.8. The predicted octanol–water partition coefficient (Wildman–Crippen LogP) is 5.13. The van der Waals surface area contributed by atoms with Crippen LogP contribution in [0, 0.1) is 19.7 Å². The van der Waals surface area contributed by atoms with Crippen molar-refractivity contribution in [1.29, 1.82) is 0 Å². The van der Waals surface area contributed by atoms with E-state index in [2.05, 4.69) is 14.1 Å². The van der Waals surface area contributed by atoms with E-state index < -0.39 is 11.9 Å². The summed E-state index contributed by atoms with van der Waals surface area (Å²) in [5.74, 6) is -1.05. The Kier molecular flexibility index (Phi) is 7.67. The third-order valence-corrected chi connectivity index (χ3v) is 6.86. The minimum atomic E-state index is -0.934. The average Bonchev–Trinajstić information content (AvgIpc) is 3.37. The lowest BCUT2D eigenvalue weighted by molar-refractivity contribution is -0.127. The van der Waals surface area contributed by atoms with Gasteiger partial charge in [0, 0.05) is 12.6 Å². The highest BCUT2D eigenvalue weighted by Crippen LogP contribution is 2.28. The van der Waals surface area contributed by atoms with Crippen LogP contribution >= 0.6 is 11.7 Å². The number of rotatable bonds is 7. The fourth-order valence-corrected chi connectivity index (χ4v) is 4.89. The molecule has 6 nitrogen and oxygen atoms in total. The minimum absolute atomic E-state index is 0.0720. The van der Waals surface area contributed by atoms with E-state index in [4.69, 9.17) is 0 Å². The van der Waals surface area contributed by atoms with Gasteiger partial charge in [0.2, 0.25) is 5.91 Å². The van der Waals surface area contributed by atoms with E-state index in [0.29, 0.717) is 5.56 Å². The van der Waals surface area contributed by atoms with Gasteiger partial charge in [0.15, 0.2) is 5.69 Å². The number of aromatic nitrogens is 2. The first-order chi connectivity index (χ1) is 16.4. The molecule has 1 aliphatic rings. The molecule has 2 aromatic carbocycles. The van der Waals surface area contributed by atoms with Crippen LogP contribution < -0.4 is 5.32 Å². The van der Waals surface area contributed by atoms with Gasteiger partial charge in [0.1, 0.15) is 11.9 Å². The summed E-state index contributed by atoms with van der Waals surface area (Å²) >= 11 is 0.946. The lowest BCUT2D eigenvalue weighted by atomic mass is 9.94. The largest absolute Gasteiger partial charge is 0.351 e. The number of nitrogens with zero attached hydrogens (tertiary/aromatic N) is 3. The number of aryl methyl sites for hydroxylation is 2. The molecule has 1 N–H and O–H groups in total. The van der Waals surface area contributed by atoms with Gasteiger partial charge < -0.3 is 10.2 Å². The molecule has 0 bridgehead atoms. The molecule has 8 heteroatoms. The maximum Gasteiger partial charge on any atom is 0.276 e. The fraction of sp³-hybridized carbons (Fsp3) is 0.385. The first-order valence-corrected chi connectivity index (χ1v) is 12.4. The van der Waals surface area contributed by atoms with E-state index in [1.165, 1.54) is 29.7 Å². The zero-order valence-electron chi connectivity index (χ0n) is 19.5. The number of hydrogen-bond acceptors (Lipinski definition) is 5. The van der Waals surface area contributed by atoms with Gasteiger partial charge in [-0.15, -0.1) is 0 Å². The first-order valence-electron chi connectivity index (χ1n) is 11.6. The Morgan fingerprint density at radius 1 is 1.12 bits per heavy atom. The smallest absolute Gasteiger partial charge is 0.276 e. The fourth-order valence-electron chi connectivity index (χ4n) is 4.49. The van der Waals surface area contributed by atoms with Gasteiger partial charge in [-0.2, -0.15) is 8.75 Å². The van der Waals surface area contributed by atoms with Crippen molar-refractivity contribution in [3.63, 3.8) is 0 Å². The molecule has 0 unspecified atom stereocenters. The molecular weight excluding hydrogens is 451 g/mol. The van der Waals surface area contributed by atoms with Crippen molar-refractivity contribution < 1.29 is 14.0 Å². The third-order valence-electron chi connectivity index (χ3n) is 6.38. The van der Waals surface area contributed by atoms with Gasteiger partial charge in [-0.1, -0.05) is 55.2 Å². The Bertz CT molecular complexity index is 1130. The number of hydrogen-bond donors (Lipinski definition) is 1. The van der Waals surface area contributed by atoms with E-state index in [1.54, 1.807) is 12.1 Å². The Labute approximate surface area is 203 Å². The van der Waals surface area contributed by atoms with E-state index in [-0.39, 0.29) is 30.1 Å². The lowest BCUT2D eigenvalue weighted by Crippen LogP contribution is -2.47. The summed E-state index contributed by atoms with van der Waals surface area (Å²) < 4.78 is 21.9. The van der Waals surface area contributed by atoms with E-state index in [0.717, 1.165) is 54.1 Å². The van der Waals surface area contributed by atoms with Crippen molar-refractivity contribution in [1.82, 2.24) is 19.0 Å². The highest BCUT2D eigenvalue weighted by atomic mass is 32.1. The van der Waals surface area contributed by atoms with Crippen molar-refractivity contribution in [2.24, 2.45) is 0 Å². The van der Waals surface area contributed by atoms with E-state index >= 15 is 0 Å². The molecule has 0 spiro atoms. The lowest BCUT2D eigenvalue weighted by Gasteiger charge is -2.33. The predicted molar refractivity (Wildman–Crippen MR) is 130 cm³/mol. The molecule has 0 radical (unpaired) electrons. The number of amides is 2. The Morgan fingerprint density at radius 3 is 2.53 bits per heavy atom. The highest BCUT2D eigenvalue weighted by molar-refractivity contribution is 6.99. The van der Waals surface area contributed by atoms with Crippen molar-refractivity contribution >= 4 is 23.5 Å². The van der Waals surface area contributed by atoms with Crippen LogP contribution in [0.5, 0.6) is 0 Å². The normalized spacial score (nSPS) is 15.0. The summed E-state index contributed by atoms with van der Waals surface area (Å²) in [6.45, 7) is 4.19. The van der Waals surface area contributed by atoms with Crippen LogP contribution in [-0.2, 0) is 11.3 Å². The highest BCUT2D eigenvalue weighted by Gasteiger charge is 2.34. The van der Waals surface area contributed by atoms with Crippen LogP contribution in [-0.4, -0.2) is 31.5 Å². The number of benzene rings is 2.